The minimum absolute atomic E-state index is 0.168. The van der Waals surface area contributed by atoms with Gasteiger partial charge in [-0.15, -0.1) is 22.7 Å². The Kier molecular flexibility index (Phi) is 7.92. The zero-order valence-corrected chi connectivity index (χ0v) is 22.4. The maximum atomic E-state index is 13.2. The molecule has 202 valence electrons. The van der Waals surface area contributed by atoms with E-state index in [1.54, 1.807) is 42.8 Å². The second-order valence-corrected chi connectivity index (χ2v) is 12.2. The molecule has 3 aromatic heterocycles. The molecule has 15 heteroatoms. The summed E-state index contributed by atoms with van der Waals surface area (Å²) in [5, 5.41) is 3.08. The van der Waals surface area contributed by atoms with E-state index in [-0.39, 0.29) is 17.3 Å². The number of fused-ring (bicyclic) bond motifs is 1. The van der Waals surface area contributed by atoms with Crippen molar-refractivity contribution in [2.24, 2.45) is 0 Å². The molecule has 0 radical (unpaired) electrons. The Hall–Kier alpha value is -3.27. The summed E-state index contributed by atoms with van der Waals surface area (Å²) in [4.78, 5) is 32.2. The normalized spacial score (nSPS) is 12.3. The topological polar surface area (TPSA) is 113 Å². The molecule has 9 nitrogen and oxygen atoms in total. The first-order valence-corrected chi connectivity index (χ1v) is 14.2. The van der Waals surface area contributed by atoms with Crippen LogP contribution in [0.5, 0.6) is 0 Å². The van der Waals surface area contributed by atoms with Gasteiger partial charge in [-0.25, -0.2) is 18.2 Å². The van der Waals surface area contributed by atoms with Crippen molar-refractivity contribution >= 4 is 61.2 Å². The number of carbonyl (C=O) groups is 2. The molecular formula is C23H21F3N4O5S3. The Labute approximate surface area is 223 Å². The fourth-order valence-corrected chi connectivity index (χ4v) is 7.25. The number of nitrogens with one attached hydrogen (secondary N) is 1. The number of carbonyl (C=O) groups excluding carboxylic acids is 2. The number of rotatable bonds is 9. The van der Waals surface area contributed by atoms with E-state index in [0.29, 0.717) is 26.8 Å². The molecule has 1 aromatic carbocycles. The summed E-state index contributed by atoms with van der Waals surface area (Å²) < 4.78 is 68.7. The SMILES string of the molecule is CCN(c1cccc2cc(-c3ncc(CN(C)CC(=O)OC(=O)C(F)(F)F)s3)[nH]c12)S(=O)(=O)c1cccs1. The summed E-state index contributed by atoms with van der Waals surface area (Å²) in [5.74, 6) is -3.88. The summed E-state index contributed by atoms with van der Waals surface area (Å²) in [6.07, 6.45) is -3.68. The Bertz CT molecular complexity index is 1560. The van der Waals surface area contributed by atoms with E-state index in [1.165, 1.54) is 27.6 Å². The second-order valence-electron chi connectivity index (χ2n) is 8.09. The average Bonchev–Trinajstić information content (AvgIpc) is 3.59. The van der Waals surface area contributed by atoms with Gasteiger partial charge in [0.15, 0.2) is 0 Å². The van der Waals surface area contributed by atoms with Crippen LogP contribution < -0.4 is 4.31 Å². The highest BCUT2D eigenvalue weighted by Gasteiger charge is 2.42. The lowest BCUT2D eigenvalue weighted by molar-refractivity contribution is -0.202. The van der Waals surface area contributed by atoms with E-state index >= 15 is 0 Å². The van der Waals surface area contributed by atoms with Crippen molar-refractivity contribution in [1.29, 1.82) is 0 Å². The number of hydrogen-bond donors (Lipinski definition) is 1. The Balaban J connectivity index is 1.52. The molecule has 0 aliphatic carbocycles. The molecule has 0 saturated carbocycles. The highest BCUT2D eigenvalue weighted by molar-refractivity contribution is 7.94. The maximum Gasteiger partial charge on any atom is 0.491 e. The van der Waals surface area contributed by atoms with E-state index in [4.69, 9.17) is 0 Å². The van der Waals surface area contributed by atoms with Crippen molar-refractivity contribution in [3.05, 3.63) is 52.9 Å². The van der Waals surface area contributed by atoms with Crippen LogP contribution in [0, 0.1) is 0 Å². The third-order valence-corrected chi connectivity index (χ3v) is 9.55. The quantitative estimate of drug-likeness (QED) is 0.225. The molecule has 0 spiro atoms. The van der Waals surface area contributed by atoms with Gasteiger partial charge in [0.25, 0.3) is 10.0 Å². The molecule has 0 bridgehead atoms. The Morgan fingerprint density at radius 1 is 1.18 bits per heavy atom. The van der Waals surface area contributed by atoms with Crippen LogP contribution in [0.1, 0.15) is 11.8 Å². The van der Waals surface area contributed by atoms with Gasteiger partial charge in [0.05, 0.1) is 23.4 Å². The monoisotopic (exact) mass is 586 g/mol. The summed E-state index contributed by atoms with van der Waals surface area (Å²) in [6.45, 7) is 1.61. The van der Waals surface area contributed by atoms with Crippen molar-refractivity contribution in [1.82, 2.24) is 14.9 Å². The van der Waals surface area contributed by atoms with Crippen molar-refractivity contribution in [3.8, 4) is 10.7 Å². The first kappa shape index (κ1) is 27.8. The lowest BCUT2D eigenvalue weighted by Gasteiger charge is -2.22. The van der Waals surface area contributed by atoms with Crippen LogP contribution in [-0.2, 0) is 30.9 Å². The van der Waals surface area contributed by atoms with Gasteiger partial charge in [0.1, 0.15) is 9.22 Å². The van der Waals surface area contributed by atoms with Crippen LogP contribution in [-0.4, -0.2) is 61.5 Å². The molecule has 0 fully saturated rings. The molecule has 0 aliphatic heterocycles. The van der Waals surface area contributed by atoms with E-state index < -0.39 is 34.7 Å². The van der Waals surface area contributed by atoms with E-state index in [1.807, 2.05) is 12.1 Å². The smallest absolute Gasteiger partial charge is 0.385 e. The van der Waals surface area contributed by atoms with Crippen LogP contribution in [0.25, 0.3) is 21.6 Å². The zero-order valence-electron chi connectivity index (χ0n) is 20.0. The molecule has 1 N–H and O–H groups in total. The van der Waals surface area contributed by atoms with Gasteiger partial charge >= 0.3 is 18.1 Å². The maximum absolute atomic E-state index is 13.2. The number of aromatic amines is 1. The number of ether oxygens (including phenoxy) is 1. The number of thiophene rings is 1. The zero-order chi connectivity index (χ0) is 27.7. The lowest BCUT2D eigenvalue weighted by Crippen LogP contribution is -2.33. The minimum atomic E-state index is -5.25. The van der Waals surface area contributed by atoms with Gasteiger partial charge in [-0.1, -0.05) is 18.2 Å². The van der Waals surface area contributed by atoms with Crippen molar-refractivity contribution in [3.63, 3.8) is 0 Å². The standard InChI is InChI=1S/C23H21F3N4O5S3/c1-3-30(38(33,34)19-8-5-9-36-19)17-7-4-6-14-10-16(28-20(14)17)21-27-11-15(37-21)12-29(2)13-18(31)35-22(32)23(24,25)26/h4-11,28H,3,12-13H2,1-2H3. The number of benzene rings is 1. The predicted octanol–water partition coefficient (Wildman–Crippen LogP) is 4.63. The molecule has 4 aromatic rings. The highest BCUT2D eigenvalue weighted by atomic mass is 32.2. The average molecular weight is 587 g/mol. The predicted molar refractivity (Wildman–Crippen MR) is 137 cm³/mol. The third-order valence-electron chi connectivity index (χ3n) is 5.28. The minimum Gasteiger partial charge on any atom is -0.385 e. The van der Waals surface area contributed by atoms with Crippen LogP contribution in [0.3, 0.4) is 0 Å². The van der Waals surface area contributed by atoms with E-state index in [2.05, 4.69) is 14.7 Å². The van der Waals surface area contributed by atoms with Crippen LogP contribution >= 0.6 is 22.7 Å². The number of aromatic nitrogens is 2. The van der Waals surface area contributed by atoms with Gasteiger partial charge in [0, 0.05) is 29.5 Å². The molecule has 0 atom stereocenters. The highest BCUT2D eigenvalue weighted by Crippen LogP contribution is 2.35. The molecule has 3 heterocycles. The summed E-state index contributed by atoms with van der Waals surface area (Å²) >= 11 is 2.43. The first-order valence-electron chi connectivity index (χ1n) is 11.0. The van der Waals surface area contributed by atoms with Crippen molar-refractivity contribution in [2.45, 2.75) is 23.9 Å². The number of para-hydroxylation sites is 1. The molecule has 0 unspecified atom stereocenters. The first-order chi connectivity index (χ1) is 17.9. The molecule has 0 amide bonds. The van der Waals surface area contributed by atoms with Crippen LogP contribution in [0.15, 0.2) is 52.2 Å². The Morgan fingerprint density at radius 2 is 1.95 bits per heavy atom. The fraction of sp³-hybridized carbons (Fsp3) is 0.261. The number of likely N-dealkylation sites (N-methyl/N-ethyl adjacent to an activating group) is 1. The Morgan fingerprint density at radius 3 is 2.61 bits per heavy atom. The largest absolute Gasteiger partial charge is 0.491 e. The van der Waals surface area contributed by atoms with Crippen LogP contribution in [0.4, 0.5) is 18.9 Å². The number of hydrogen-bond acceptors (Lipinski definition) is 9. The fourth-order valence-electron chi connectivity index (χ4n) is 3.69. The molecule has 4 rings (SSSR count). The number of thiazole rings is 1. The van der Waals surface area contributed by atoms with Crippen molar-refractivity contribution in [2.75, 3.05) is 24.4 Å². The van der Waals surface area contributed by atoms with Gasteiger partial charge in [0.2, 0.25) is 0 Å². The molecule has 0 saturated heterocycles. The van der Waals surface area contributed by atoms with Crippen molar-refractivity contribution < 1.29 is 35.9 Å². The molecule has 0 aliphatic rings. The van der Waals surface area contributed by atoms with Crippen LogP contribution in [0.2, 0.25) is 0 Å². The molecule has 38 heavy (non-hydrogen) atoms. The number of anilines is 1. The number of halogens is 3. The van der Waals surface area contributed by atoms with Gasteiger partial charge in [-0.3, -0.25) is 14.0 Å². The number of nitrogens with zero attached hydrogens (tertiary/aromatic N) is 3. The van der Waals surface area contributed by atoms with E-state index in [0.717, 1.165) is 16.7 Å². The summed E-state index contributed by atoms with van der Waals surface area (Å²) in [5.41, 5.74) is 1.76. The third kappa shape index (κ3) is 5.90. The van der Waals surface area contributed by atoms with Gasteiger partial charge in [-0.2, -0.15) is 13.2 Å². The summed E-state index contributed by atoms with van der Waals surface area (Å²) in [7, 11) is -2.26. The number of alkyl halides is 3. The molecular weight excluding hydrogens is 565 g/mol. The lowest BCUT2D eigenvalue weighted by atomic mass is 10.2. The second kappa shape index (κ2) is 10.8. The summed E-state index contributed by atoms with van der Waals surface area (Å²) in [6, 6.07) is 10.4. The number of esters is 2. The number of sulfonamides is 1. The van der Waals surface area contributed by atoms with Gasteiger partial charge in [-0.05, 0) is 37.6 Å². The number of H-pyrrole nitrogens is 1. The van der Waals surface area contributed by atoms with E-state index in [9.17, 15) is 31.2 Å². The van der Waals surface area contributed by atoms with Gasteiger partial charge < -0.3 is 9.72 Å².